The third kappa shape index (κ3) is 4.65. The summed E-state index contributed by atoms with van der Waals surface area (Å²) in [5.41, 5.74) is -0.524. The van der Waals surface area contributed by atoms with Gasteiger partial charge in [-0.2, -0.15) is 18.2 Å². The molecule has 13 heteroatoms. The van der Waals surface area contributed by atoms with Crippen molar-refractivity contribution in [3.05, 3.63) is 10.4 Å². The van der Waals surface area contributed by atoms with E-state index >= 15 is 0 Å². The van der Waals surface area contributed by atoms with Crippen molar-refractivity contribution in [1.29, 1.82) is 0 Å². The number of fused-ring (bicyclic) bond motifs is 1. The molecule has 3 aliphatic rings. The monoisotopic (exact) mass is 484 g/mol. The Hall–Kier alpha value is -2.98. The Labute approximate surface area is 194 Å². The summed E-state index contributed by atoms with van der Waals surface area (Å²) in [6.07, 6.45) is -2.85. The van der Waals surface area contributed by atoms with E-state index in [1.807, 2.05) is 4.90 Å². The SMILES string of the molecule is CC#CCN1c2c(nc(OC3CCCC3)n(C)c2=O)N(OC(=O)C(F)(F)F)C1N1CCNCC1. The van der Waals surface area contributed by atoms with Gasteiger partial charge in [0.1, 0.15) is 6.10 Å². The Bertz CT molecular complexity index is 1040. The Balaban J connectivity index is 1.82. The van der Waals surface area contributed by atoms with Gasteiger partial charge in [-0.3, -0.25) is 14.3 Å². The van der Waals surface area contributed by atoms with Gasteiger partial charge in [0.25, 0.3) is 5.56 Å². The zero-order chi connectivity index (χ0) is 24.5. The zero-order valence-corrected chi connectivity index (χ0v) is 19.0. The van der Waals surface area contributed by atoms with E-state index in [1.165, 1.54) is 16.5 Å². The highest BCUT2D eigenvalue weighted by Crippen LogP contribution is 2.39. The number of ether oxygens (including phenoxy) is 1. The summed E-state index contributed by atoms with van der Waals surface area (Å²) in [5, 5.41) is 3.95. The van der Waals surface area contributed by atoms with Crippen molar-refractivity contribution < 1.29 is 27.5 Å². The van der Waals surface area contributed by atoms with Crippen LogP contribution in [0.15, 0.2) is 4.79 Å². The van der Waals surface area contributed by atoms with Crippen molar-refractivity contribution in [2.24, 2.45) is 7.05 Å². The average molecular weight is 484 g/mol. The number of rotatable bonds is 5. The predicted molar refractivity (Wildman–Crippen MR) is 116 cm³/mol. The number of halogens is 3. The van der Waals surface area contributed by atoms with Crippen LogP contribution in [0.4, 0.5) is 24.7 Å². The molecule has 1 N–H and O–H groups in total. The highest BCUT2D eigenvalue weighted by molar-refractivity contribution is 5.80. The number of nitrogens with zero attached hydrogens (tertiary/aromatic N) is 5. The maximum atomic E-state index is 13.4. The van der Waals surface area contributed by atoms with Crippen molar-refractivity contribution in [3.8, 4) is 17.9 Å². The van der Waals surface area contributed by atoms with Crippen LogP contribution >= 0.6 is 0 Å². The Morgan fingerprint density at radius 3 is 2.53 bits per heavy atom. The summed E-state index contributed by atoms with van der Waals surface area (Å²) >= 11 is 0. The van der Waals surface area contributed by atoms with E-state index in [1.54, 1.807) is 6.92 Å². The van der Waals surface area contributed by atoms with E-state index < -0.39 is 24.0 Å². The Morgan fingerprint density at radius 1 is 1.24 bits per heavy atom. The van der Waals surface area contributed by atoms with E-state index in [-0.39, 0.29) is 30.2 Å². The van der Waals surface area contributed by atoms with Gasteiger partial charge >= 0.3 is 18.2 Å². The fraction of sp³-hybridized carbons (Fsp3) is 0.667. The molecule has 1 aromatic heterocycles. The first kappa shape index (κ1) is 24.2. The lowest BCUT2D eigenvalue weighted by Crippen LogP contribution is -2.61. The summed E-state index contributed by atoms with van der Waals surface area (Å²) < 4.78 is 46.7. The normalized spacial score (nSPS) is 21.3. The van der Waals surface area contributed by atoms with Crippen LogP contribution in [0.5, 0.6) is 6.01 Å². The smallest absolute Gasteiger partial charge is 0.461 e. The molecule has 0 aromatic carbocycles. The fourth-order valence-electron chi connectivity index (χ4n) is 4.39. The number of piperazine rings is 1. The van der Waals surface area contributed by atoms with Gasteiger partial charge in [0.05, 0.1) is 6.54 Å². The van der Waals surface area contributed by atoms with Crippen LogP contribution in [0.1, 0.15) is 32.6 Å². The van der Waals surface area contributed by atoms with Gasteiger partial charge in [-0.15, -0.1) is 11.0 Å². The largest absolute Gasteiger partial charge is 0.493 e. The summed E-state index contributed by atoms with van der Waals surface area (Å²) in [6, 6.07) is -0.0359. The maximum absolute atomic E-state index is 13.4. The van der Waals surface area contributed by atoms with Crippen LogP contribution in [-0.4, -0.2) is 71.7 Å². The molecule has 4 rings (SSSR count). The van der Waals surface area contributed by atoms with Crippen LogP contribution in [-0.2, 0) is 16.7 Å². The molecule has 3 heterocycles. The van der Waals surface area contributed by atoms with Crippen LogP contribution in [0.2, 0.25) is 0 Å². The van der Waals surface area contributed by atoms with Gasteiger partial charge in [0.2, 0.25) is 5.82 Å². The van der Waals surface area contributed by atoms with E-state index in [2.05, 4.69) is 22.1 Å². The van der Waals surface area contributed by atoms with Crippen molar-refractivity contribution in [3.63, 3.8) is 0 Å². The number of carbonyl (C=O) groups is 1. The molecule has 0 radical (unpaired) electrons. The molecule has 1 aliphatic carbocycles. The van der Waals surface area contributed by atoms with Gasteiger partial charge in [0, 0.05) is 33.2 Å². The minimum atomic E-state index is -5.23. The summed E-state index contributed by atoms with van der Waals surface area (Å²) in [6.45, 7) is 3.68. The van der Waals surface area contributed by atoms with Crippen molar-refractivity contribution in [2.75, 3.05) is 42.7 Å². The molecule has 1 saturated heterocycles. The summed E-state index contributed by atoms with van der Waals surface area (Å²) in [5.74, 6) is 3.00. The molecule has 2 aliphatic heterocycles. The first-order valence-corrected chi connectivity index (χ1v) is 11.2. The topological polar surface area (TPSA) is 92.2 Å². The molecule has 1 atom stereocenters. The number of aromatic nitrogens is 2. The second-order valence-electron chi connectivity index (χ2n) is 8.34. The summed E-state index contributed by atoms with van der Waals surface area (Å²) in [7, 11) is 1.49. The van der Waals surface area contributed by atoms with Crippen molar-refractivity contribution in [1.82, 2.24) is 19.8 Å². The van der Waals surface area contributed by atoms with Crippen LogP contribution in [0.3, 0.4) is 0 Å². The van der Waals surface area contributed by atoms with Gasteiger partial charge in [-0.1, -0.05) is 5.92 Å². The minimum absolute atomic E-state index is 0.00234. The number of anilines is 2. The van der Waals surface area contributed by atoms with Gasteiger partial charge < -0.3 is 19.8 Å². The van der Waals surface area contributed by atoms with E-state index in [9.17, 15) is 22.8 Å². The van der Waals surface area contributed by atoms with Crippen LogP contribution < -0.4 is 25.6 Å². The standard InChI is InChI=1S/C21H27F3N6O4/c1-3-4-11-29-15-16(26-19(27(2)17(15)31)33-14-7-5-6-8-14)30(34-18(32)21(22,23)24)20(29)28-12-9-25-10-13-28/h14,20,25H,5-13H2,1-2H3. The molecule has 10 nitrogen and oxygen atoms in total. The molecule has 0 spiro atoms. The molecule has 0 amide bonds. The molecular formula is C21H27F3N6O4. The third-order valence-corrected chi connectivity index (χ3v) is 6.08. The lowest BCUT2D eigenvalue weighted by molar-refractivity contribution is -0.203. The summed E-state index contributed by atoms with van der Waals surface area (Å²) in [4.78, 5) is 37.9. The first-order valence-electron chi connectivity index (χ1n) is 11.2. The van der Waals surface area contributed by atoms with Crippen molar-refractivity contribution >= 4 is 17.5 Å². The third-order valence-electron chi connectivity index (χ3n) is 6.08. The Kier molecular flexibility index (Phi) is 6.90. The first-order chi connectivity index (χ1) is 16.2. The molecule has 2 fully saturated rings. The number of nitrogens with one attached hydrogen (secondary N) is 1. The average Bonchev–Trinajstić information content (AvgIpc) is 3.42. The van der Waals surface area contributed by atoms with Gasteiger partial charge in [-0.25, -0.2) is 4.79 Å². The van der Waals surface area contributed by atoms with Crippen LogP contribution in [0.25, 0.3) is 0 Å². The second kappa shape index (κ2) is 9.71. The highest BCUT2D eigenvalue weighted by atomic mass is 19.4. The van der Waals surface area contributed by atoms with Gasteiger partial charge in [-0.05, 0) is 32.6 Å². The molecule has 1 aromatic rings. The minimum Gasteiger partial charge on any atom is -0.461 e. The number of carbonyl (C=O) groups excluding carboxylic acids is 1. The van der Waals surface area contributed by atoms with Gasteiger partial charge in [0.15, 0.2) is 12.0 Å². The molecule has 0 bridgehead atoms. The second-order valence-corrected chi connectivity index (χ2v) is 8.34. The Morgan fingerprint density at radius 2 is 1.91 bits per heavy atom. The number of hydrogen-bond acceptors (Lipinski definition) is 9. The maximum Gasteiger partial charge on any atom is 0.493 e. The van der Waals surface area contributed by atoms with Crippen molar-refractivity contribution in [2.45, 2.75) is 51.2 Å². The van der Waals surface area contributed by atoms with E-state index in [0.29, 0.717) is 26.2 Å². The quantitative estimate of drug-likeness (QED) is 0.614. The molecule has 186 valence electrons. The molecule has 1 saturated carbocycles. The number of hydrogen-bond donors (Lipinski definition) is 1. The fourth-order valence-corrected chi connectivity index (χ4v) is 4.39. The zero-order valence-electron chi connectivity index (χ0n) is 19.0. The lowest BCUT2D eigenvalue weighted by Gasteiger charge is -2.40. The number of hydroxylamine groups is 1. The highest BCUT2D eigenvalue weighted by Gasteiger charge is 2.50. The lowest BCUT2D eigenvalue weighted by atomic mass is 10.3. The van der Waals surface area contributed by atoms with Crippen LogP contribution in [0, 0.1) is 11.8 Å². The molecular weight excluding hydrogens is 457 g/mol. The molecule has 1 unspecified atom stereocenters. The van der Waals surface area contributed by atoms with E-state index in [4.69, 9.17) is 9.57 Å². The number of alkyl halides is 3. The molecule has 34 heavy (non-hydrogen) atoms. The predicted octanol–water partition coefficient (Wildman–Crippen LogP) is 0.961. The van der Waals surface area contributed by atoms with E-state index in [0.717, 1.165) is 30.7 Å².